The number of ether oxygens (including phenoxy) is 3. The van der Waals surface area contributed by atoms with Crippen LogP contribution in [0.15, 0.2) is 91.0 Å². The molecule has 1 N–H and O–H groups in total. The number of benzene rings is 3. The second-order valence-electron chi connectivity index (χ2n) is 8.20. The Balaban J connectivity index is 1.46. The summed E-state index contributed by atoms with van der Waals surface area (Å²) in [6.45, 7) is 1.52. The maximum Gasteiger partial charge on any atom is 0.114 e. The van der Waals surface area contributed by atoms with E-state index in [1.807, 2.05) is 102 Å². The maximum absolute atomic E-state index is 11.2. The largest absolute Gasteiger partial charge is 0.388 e. The van der Waals surface area contributed by atoms with Crippen molar-refractivity contribution in [1.82, 2.24) is 0 Å². The Morgan fingerprint density at radius 1 is 0.676 bits per heavy atom. The molecule has 1 saturated heterocycles. The molecule has 0 saturated carbocycles. The maximum atomic E-state index is 11.2. The van der Waals surface area contributed by atoms with E-state index in [0.29, 0.717) is 19.8 Å². The molecular formula is C28H32O4S2. The topological polar surface area (TPSA) is 47.9 Å². The van der Waals surface area contributed by atoms with Crippen LogP contribution in [-0.4, -0.2) is 46.1 Å². The predicted molar refractivity (Wildman–Crippen MR) is 141 cm³/mol. The van der Waals surface area contributed by atoms with Crippen LogP contribution in [0.25, 0.3) is 0 Å². The average Bonchev–Trinajstić information content (AvgIpc) is 3.42. The zero-order valence-electron chi connectivity index (χ0n) is 19.2. The van der Waals surface area contributed by atoms with Gasteiger partial charge in [-0.05, 0) is 16.7 Å². The molecule has 1 aliphatic heterocycles. The Kier molecular flexibility index (Phi) is 10.4. The van der Waals surface area contributed by atoms with Gasteiger partial charge in [-0.15, -0.1) is 23.5 Å². The molecule has 3 aromatic rings. The monoisotopic (exact) mass is 496 g/mol. The Hall–Kier alpha value is -1.80. The summed E-state index contributed by atoms with van der Waals surface area (Å²) in [7, 11) is 0. The van der Waals surface area contributed by atoms with Crippen molar-refractivity contribution in [3.05, 3.63) is 108 Å². The third-order valence-corrected chi connectivity index (χ3v) is 8.74. The van der Waals surface area contributed by atoms with E-state index in [-0.39, 0.29) is 17.3 Å². The molecule has 1 fully saturated rings. The molecule has 3 atom stereocenters. The standard InChI is InChI=1S/C28H32O4S2/c29-25(21-30-18-22-10-4-1-5-11-22)26(31-19-23-12-6-2-7-13-23)27(28-33-16-17-34-28)32-20-24-14-8-3-9-15-24/h1-15,25-29H,16-21H2/t25-,26-,27+/m1/s1. The Morgan fingerprint density at radius 3 is 1.68 bits per heavy atom. The molecule has 34 heavy (non-hydrogen) atoms. The number of hydrogen-bond donors (Lipinski definition) is 1. The van der Waals surface area contributed by atoms with Crippen LogP contribution in [0.2, 0.25) is 0 Å². The second-order valence-corrected chi connectivity index (χ2v) is 11.0. The lowest BCUT2D eigenvalue weighted by atomic mass is 10.1. The Labute approximate surface area is 211 Å². The summed E-state index contributed by atoms with van der Waals surface area (Å²) in [5, 5.41) is 11.2. The van der Waals surface area contributed by atoms with Crippen molar-refractivity contribution in [2.24, 2.45) is 0 Å². The summed E-state index contributed by atoms with van der Waals surface area (Å²) >= 11 is 3.76. The van der Waals surface area contributed by atoms with Crippen LogP contribution < -0.4 is 0 Å². The van der Waals surface area contributed by atoms with Gasteiger partial charge in [0.15, 0.2) is 0 Å². The van der Waals surface area contributed by atoms with Crippen molar-refractivity contribution in [1.29, 1.82) is 0 Å². The summed E-state index contributed by atoms with van der Waals surface area (Å²) in [5.41, 5.74) is 3.26. The molecule has 0 bridgehead atoms. The minimum atomic E-state index is -0.810. The first-order valence-electron chi connectivity index (χ1n) is 11.6. The molecule has 6 heteroatoms. The van der Waals surface area contributed by atoms with Crippen LogP contribution in [0.3, 0.4) is 0 Å². The molecule has 0 aromatic heterocycles. The highest BCUT2D eigenvalue weighted by Crippen LogP contribution is 2.38. The molecule has 1 heterocycles. The van der Waals surface area contributed by atoms with Gasteiger partial charge in [-0.2, -0.15) is 0 Å². The van der Waals surface area contributed by atoms with Gasteiger partial charge in [0.25, 0.3) is 0 Å². The van der Waals surface area contributed by atoms with Gasteiger partial charge in [-0.1, -0.05) is 91.0 Å². The van der Waals surface area contributed by atoms with Crippen LogP contribution in [0.1, 0.15) is 16.7 Å². The molecule has 3 aromatic carbocycles. The van der Waals surface area contributed by atoms with E-state index >= 15 is 0 Å². The van der Waals surface area contributed by atoms with Crippen molar-refractivity contribution in [2.45, 2.75) is 42.7 Å². The van der Waals surface area contributed by atoms with Crippen LogP contribution in [0.5, 0.6) is 0 Å². The summed E-state index contributed by atoms with van der Waals surface area (Å²) in [6, 6.07) is 30.2. The van der Waals surface area contributed by atoms with Crippen molar-refractivity contribution in [3.8, 4) is 0 Å². The quantitative estimate of drug-likeness (QED) is 0.335. The van der Waals surface area contributed by atoms with E-state index in [0.717, 1.165) is 28.2 Å². The molecule has 0 spiro atoms. The van der Waals surface area contributed by atoms with Crippen LogP contribution >= 0.6 is 23.5 Å². The lowest BCUT2D eigenvalue weighted by molar-refractivity contribution is -0.142. The minimum Gasteiger partial charge on any atom is -0.388 e. The van der Waals surface area contributed by atoms with E-state index < -0.39 is 12.2 Å². The summed E-state index contributed by atoms with van der Waals surface area (Å²) in [5.74, 6) is 2.15. The zero-order chi connectivity index (χ0) is 23.4. The normalized spacial score (nSPS) is 16.9. The fourth-order valence-corrected chi connectivity index (χ4v) is 6.86. The van der Waals surface area contributed by atoms with Gasteiger partial charge >= 0.3 is 0 Å². The first kappa shape index (κ1) is 25.3. The molecule has 0 unspecified atom stereocenters. The first-order valence-corrected chi connectivity index (χ1v) is 13.7. The number of hydrogen-bond acceptors (Lipinski definition) is 6. The summed E-state index contributed by atoms with van der Waals surface area (Å²) in [4.78, 5) is 0. The molecule has 0 aliphatic carbocycles. The number of rotatable bonds is 13. The Bertz CT molecular complexity index is 936. The third kappa shape index (κ3) is 7.87. The van der Waals surface area contributed by atoms with E-state index in [1.165, 1.54) is 0 Å². The van der Waals surface area contributed by atoms with Crippen molar-refractivity contribution >= 4 is 23.5 Å². The van der Waals surface area contributed by atoms with E-state index in [1.54, 1.807) is 0 Å². The molecule has 0 radical (unpaired) electrons. The molecule has 1 aliphatic rings. The highest BCUT2D eigenvalue weighted by molar-refractivity contribution is 8.20. The van der Waals surface area contributed by atoms with E-state index in [4.69, 9.17) is 14.2 Å². The number of thioether (sulfide) groups is 2. The van der Waals surface area contributed by atoms with Gasteiger partial charge in [0, 0.05) is 11.5 Å². The van der Waals surface area contributed by atoms with Crippen molar-refractivity contribution in [2.75, 3.05) is 18.1 Å². The van der Waals surface area contributed by atoms with E-state index in [2.05, 4.69) is 12.1 Å². The lowest BCUT2D eigenvalue weighted by Gasteiger charge is -2.34. The van der Waals surface area contributed by atoms with E-state index in [9.17, 15) is 5.11 Å². The average molecular weight is 497 g/mol. The van der Waals surface area contributed by atoms with Gasteiger partial charge < -0.3 is 19.3 Å². The Morgan fingerprint density at radius 2 is 1.15 bits per heavy atom. The fourth-order valence-electron chi connectivity index (χ4n) is 3.82. The smallest absolute Gasteiger partial charge is 0.114 e. The summed E-state index contributed by atoms with van der Waals surface area (Å²) in [6.07, 6.45) is -1.59. The number of aliphatic hydroxyl groups is 1. The van der Waals surface area contributed by atoms with Gasteiger partial charge in [-0.3, -0.25) is 0 Å². The SMILES string of the molecule is O[C@H](COCc1ccccc1)[C@@H](OCc1ccccc1)[C@H](OCc1ccccc1)C1SCCS1. The molecule has 0 amide bonds. The summed E-state index contributed by atoms with van der Waals surface area (Å²) < 4.78 is 18.9. The van der Waals surface area contributed by atoms with Gasteiger partial charge in [0.2, 0.25) is 0 Å². The zero-order valence-corrected chi connectivity index (χ0v) is 20.8. The van der Waals surface area contributed by atoms with Crippen molar-refractivity contribution < 1.29 is 19.3 Å². The van der Waals surface area contributed by atoms with Crippen LogP contribution in [0.4, 0.5) is 0 Å². The fraction of sp³-hybridized carbons (Fsp3) is 0.357. The first-order chi connectivity index (χ1) is 16.8. The molecule has 4 nitrogen and oxygen atoms in total. The van der Waals surface area contributed by atoms with Crippen LogP contribution in [-0.2, 0) is 34.0 Å². The molecule has 180 valence electrons. The second kappa shape index (κ2) is 13.9. The minimum absolute atomic E-state index is 0.182. The number of aliphatic hydroxyl groups excluding tert-OH is 1. The van der Waals surface area contributed by atoms with Gasteiger partial charge in [0.1, 0.15) is 18.3 Å². The highest BCUT2D eigenvalue weighted by atomic mass is 32.2. The van der Waals surface area contributed by atoms with Gasteiger partial charge in [-0.25, -0.2) is 0 Å². The molecular weight excluding hydrogens is 464 g/mol. The molecule has 4 rings (SSSR count). The predicted octanol–water partition coefficient (Wildman–Crippen LogP) is 5.54. The van der Waals surface area contributed by atoms with Crippen molar-refractivity contribution in [3.63, 3.8) is 0 Å². The highest BCUT2D eigenvalue weighted by Gasteiger charge is 2.38. The van der Waals surface area contributed by atoms with Gasteiger partial charge in [0.05, 0.1) is 31.0 Å². The van der Waals surface area contributed by atoms with Crippen LogP contribution in [0, 0.1) is 0 Å². The lowest BCUT2D eigenvalue weighted by Crippen LogP contribution is -2.47. The third-order valence-electron chi connectivity index (χ3n) is 5.59.